The van der Waals surface area contributed by atoms with Crippen LogP contribution in [0.1, 0.15) is 46.9 Å². The van der Waals surface area contributed by atoms with Crippen LogP contribution in [0.5, 0.6) is 5.75 Å². The van der Waals surface area contributed by atoms with Gasteiger partial charge in [0.2, 0.25) is 5.91 Å². The Kier molecular flexibility index (Phi) is 10.2. The van der Waals surface area contributed by atoms with Crippen molar-refractivity contribution in [2.45, 2.75) is 30.3 Å². The number of hydrogen-bond acceptors (Lipinski definition) is 9. The number of nitrogens with two attached hydrogens (primary N) is 1. The zero-order valence-electron chi connectivity index (χ0n) is 25.1. The molecule has 3 atom stereocenters. The van der Waals surface area contributed by atoms with Crippen molar-refractivity contribution in [2.24, 2.45) is 11.7 Å². The van der Waals surface area contributed by atoms with Crippen LogP contribution in [-0.2, 0) is 24.2 Å². The zero-order valence-corrected chi connectivity index (χ0v) is 25.9. The monoisotopic (exact) mass is 658 g/mol. The summed E-state index contributed by atoms with van der Waals surface area (Å²) >= 11 is 0. The van der Waals surface area contributed by atoms with Gasteiger partial charge in [-0.05, 0) is 66.1 Å². The molecule has 0 radical (unpaired) electrons. The average molecular weight is 659 g/mol. The van der Waals surface area contributed by atoms with Crippen molar-refractivity contribution in [2.75, 3.05) is 37.2 Å². The fourth-order valence-corrected chi connectivity index (χ4v) is 6.47. The van der Waals surface area contributed by atoms with E-state index in [-0.39, 0.29) is 51.9 Å². The van der Waals surface area contributed by atoms with Gasteiger partial charge in [0.25, 0.3) is 5.91 Å². The lowest BCUT2D eigenvalue weighted by atomic mass is 9.93. The topological polar surface area (TPSA) is 174 Å². The first kappa shape index (κ1) is 33.8. The largest absolute Gasteiger partial charge is 0.494 e. The van der Waals surface area contributed by atoms with Crippen molar-refractivity contribution in [3.63, 3.8) is 0 Å². The standard InChI is InChI=1S/C31H32F2N4O8S/c1-4-46(42,43)26-10-7-20(36-31(41)45-3)15-22(26)28-18(16-38)11-12-37(28)30(40)27(17-5-8-24(33)25(13-17)44-2)35-19-6-9-23(32)21(14-19)29(34)39/h5-10,13-16,18,27-28,35H,4,11-12H2,1-3H3,(H2,34,39)(H,36,41)/t18-,27-,28-/m1/s1. The molecule has 244 valence electrons. The molecule has 1 saturated heterocycles. The third-order valence-electron chi connectivity index (χ3n) is 7.68. The van der Waals surface area contributed by atoms with E-state index in [0.717, 1.165) is 25.3 Å². The molecule has 0 aromatic heterocycles. The molecule has 12 nitrogen and oxygen atoms in total. The van der Waals surface area contributed by atoms with Gasteiger partial charge in [0.05, 0.1) is 36.5 Å². The molecular weight excluding hydrogens is 626 g/mol. The number of benzene rings is 3. The van der Waals surface area contributed by atoms with Gasteiger partial charge in [-0.1, -0.05) is 13.0 Å². The molecule has 0 saturated carbocycles. The number of primary amides is 1. The zero-order chi connectivity index (χ0) is 33.8. The molecule has 4 N–H and O–H groups in total. The number of likely N-dealkylation sites (tertiary alicyclic amines) is 1. The number of methoxy groups -OCH3 is 2. The number of halogens is 2. The summed E-state index contributed by atoms with van der Waals surface area (Å²) in [5.74, 6) is -4.63. The van der Waals surface area contributed by atoms with E-state index in [2.05, 4.69) is 15.4 Å². The number of anilines is 2. The molecule has 1 fully saturated rings. The SMILES string of the molecule is CCS(=O)(=O)c1ccc(NC(=O)OC)cc1[C@H]1[C@@H](C=O)CCN1C(=O)[C@H](Nc1ccc(F)c(C(N)=O)c1)c1ccc(F)c(OC)c1. The summed E-state index contributed by atoms with van der Waals surface area (Å²) in [5.41, 5.74) is 5.41. The molecule has 3 aromatic rings. The highest BCUT2D eigenvalue weighted by atomic mass is 32.2. The predicted octanol–water partition coefficient (Wildman–Crippen LogP) is 3.99. The van der Waals surface area contributed by atoms with E-state index in [0.29, 0.717) is 6.29 Å². The predicted molar refractivity (Wildman–Crippen MR) is 163 cm³/mol. The van der Waals surface area contributed by atoms with Gasteiger partial charge in [0, 0.05) is 23.8 Å². The second-order valence-electron chi connectivity index (χ2n) is 10.4. The van der Waals surface area contributed by atoms with Gasteiger partial charge in [0.15, 0.2) is 21.4 Å². The highest BCUT2D eigenvalue weighted by Gasteiger charge is 2.43. The van der Waals surface area contributed by atoms with Crippen LogP contribution in [0.3, 0.4) is 0 Å². The summed E-state index contributed by atoms with van der Waals surface area (Å²) in [6.07, 6.45) is -0.0296. The molecule has 0 aliphatic carbocycles. The number of hydrogen-bond donors (Lipinski definition) is 3. The molecule has 3 amide bonds. The minimum absolute atomic E-state index is 0.0135. The highest BCUT2D eigenvalue weighted by molar-refractivity contribution is 7.91. The Morgan fingerprint density at radius 1 is 1.04 bits per heavy atom. The molecule has 0 unspecified atom stereocenters. The maximum absolute atomic E-state index is 14.5. The number of rotatable bonds is 11. The van der Waals surface area contributed by atoms with Gasteiger partial charge in [-0.3, -0.25) is 14.9 Å². The lowest BCUT2D eigenvalue weighted by Crippen LogP contribution is -2.39. The van der Waals surface area contributed by atoms with Crippen LogP contribution in [0.25, 0.3) is 0 Å². The summed E-state index contributed by atoms with van der Waals surface area (Å²) in [5, 5.41) is 5.42. The average Bonchev–Trinajstić information content (AvgIpc) is 3.48. The number of nitrogens with one attached hydrogen (secondary N) is 2. The third-order valence-corrected chi connectivity index (χ3v) is 9.48. The van der Waals surface area contributed by atoms with Gasteiger partial charge in [-0.2, -0.15) is 0 Å². The number of carbonyl (C=O) groups is 4. The number of carbonyl (C=O) groups excluding carboxylic acids is 4. The van der Waals surface area contributed by atoms with E-state index in [4.69, 9.17) is 10.5 Å². The molecule has 4 rings (SSSR count). The Hall–Kier alpha value is -5.05. The Morgan fingerprint density at radius 3 is 2.37 bits per heavy atom. The molecule has 15 heteroatoms. The Labute approximate surface area is 263 Å². The summed E-state index contributed by atoms with van der Waals surface area (Å²) in [6.45, 7) is 1.46. The lowest BCUT2D eigenvalue weighted by Gasteiger charge is -2.32. The maximum atomic E-state index is 14.5. The molecular formula is C31H32F2N4O8S. The fraction of sp³-hybridized carbons (Fsp3) is 0.290. The summed E-state index contributed by atoms with van der Waals surface area (Å²) in [4.78, 5) is 51.8. The van der Waals surface area contributed by atoms with E-state index < -0.39 is 62.9 Å². The first-order valence-corrected chi connectivity index (χ1v) is 15.7. The minimum atomic E-state index is -3.90. The molecule has 1 aliphatic rings. The van der Waals surface area contributed by atoms with E-state index in [9.17, 15) is 36.4 Å². The number of aldehydes is 1. The molecule has 1 heterocycles. The second kappa shape index (κ2) is 13.9. The Bertz CT molecular complexity index is 1790. The molecule has 46 heavy (non-hydrogen) atoms. The summed E-state index contributed by atoms with van der Waals surface area (Å²) < 4.78 is 64.9. The second-order valence-corrected chi connectivity index (χ2v) is 12.6. The van der Waals surface area contributed by atoms with E-state index in [1.54, 1.807) is 0 Å². The summed E-state index contributed by atoms with van der Waals surface area (Å²) in [7, 11) is -1.51. The number of nitrogens with zero attached hydrogens (tertiary/aromatic N) is 1. The van der Waals surface area contributed by atoms with Crippen LogP contribution < -0.4 is 21.1 Å². The van der Waals surface area contributed by atoms with Gasteiger partial charge in [-0.15, -0.1) is 0 Å². The van der Waals surface area contributed by atoms with Gasteiger partial charge >= 0.3 is 6.09 Å². The van der Waals surface area contributed by atoms with Crippen molar-refractivity contribution >= 4 is 45.4 Å². The van der Waals surface area contributed by atoms with E-state index in [1.807, 2.05) is 0 Å². The van der Waals surface area contributed by atoms with Crippen LogP contribution in [-0.4, -0.2) is 64.0 Å². The molecule has 3 aromatic carbocycles. The van der Waals surface area contributed by atoms with Crippen molar-refractivity contribution in [1.82, 2.24) is 4.90 Å². The van der Waals surface area contributed by atoms with Crippen LogP contribution in [0.15, 0.2) is 59.5 Å². The Morgan fingerprint density at radius 2 is 1.74 bits per heavy atom. The number of amides is 3. The van der Waals surface area contributed by atoms with Crippen LogP contribution in [0.2, 0.25) is 0 Å². The number of sulfone groups is 1. The minimum Gasteiger partial charge on any atom is -0.494 e. The molecule has 1 aliphatic heterocycles. The first-order chi connectivity index (χ1) is 21.8. The lowest BCUT2D eigenvalue weighted by molar-refractivity contribution is -0.133. The molecule has 0 bridgehead atoms. The molecule has 0 spiro atoms. The van der Waals surface area contributed by atoms with Crippen molar-refractivity contribution in [3.05, 3.63) is 82.9 Å². The first-order valence-electron chi connectivity index (χ1n) is 14.0. The van der Waals surface area contributed by atoms with Gasteiger partial charge in [0.1, 0.15) is 18.1 Å². The van der Waals surface area contributed by atoms with Crippen LogP contribution in [0.4, 0.5) is 25.0 Å². The Balaban J connectivity index is 1.88. The number of ether oxygens (including phenoxy) is 2. The van der Waals surface area contributed by atoms with Crippen LogP contribution >= 0.6 is 0 Å². The van der Waals surface area contributed by atoms with Crippen molar-refractivity contribution in [3.8, 4) is 5.75 Å². The van der Waals surface area contributed by atoms with Crippen LogP contribution in [0, 0.1) is 17.6 Å². The highest BCUT2D eigenvalue weighted by Crippen LogP contribution is 2.42. The smallest absolute Gasteiger partial charge is 0.411 e. The van der Waals surface area contributed by atoms with Gasteiger partial charge < -0.3 is 30.2 Å². The van der Waals surface area contributed by atoms with E-state index >= 15 is 0 Å². The van der Waals surface area contributed by atoms with Crippen molar-refractivity contribution in [1.29, 1.82) is 0 Å². The van der Waals surface area contributed by atoms with Gasteiger partial charge in [-0.25, -0.2) is 22.0 Å². The quantitative estimate of drug-likeness (QED) is 0.258. The van der Waals surface area contributed by atoms with Crippen molar-refractivity contribution < 1.29 is 45.9 Å². The van der Waals surface area contributed by atoms with E-state index in [1.165, 1.54) is 55.3 Å². The summed E-state index contributed by atoms with van der Waals surface area (Å²) in [6, 6.07) is 8.62. The normalized spacial score (nSPS) is 16.8. The third kappa shape index (κ3) is 6.93. The maximum Gasteiger partial charge on any atom is 0.411 e. The fourth-order valence-electron chi connectivity index (χ4n) is 5.35.